The van der Waals surface area contributed by atoms with Gasteiger partial charge in [0.05, 0.1) is 12.9 Å². The average molecular weight is 288 g/mol. The van der Waals surface area contributed by atoms with Gasteiger partial charge in [-0.1, -0.05) is 6.07 Å². The van der Waals surface area contributed by atoms with E-state index in [4.69, 9.17) is 10.5 Å². The van der Waals surface area contributed by atoms with E-state index in [2.05, 4.69) is 5.32 Å². The van der Waals surface area contributed by atoms with Gasteiger partial charge in [0.1, 0.15) is 5.75 Å². The van der Waals surface area contributed by atoms with Gasteiger partial charge in [0, 0.05) is 22.3 Å². The number of nitrogen functional groups attached to an aromatic ring is 1. The van der Waals surface area contributed by atoms with Crippen LogP contribution in [0, 0.1) is 0 Å². The number of nitrogens with two attached hydrogens (primary N) is 1. The van der Waals surface area contributed by atoms with Crippen molar-refractivity contribution < 1.29 is 9.53 Å². The van der Waals surface area contributed by atoms with E-state index in [9.17, 15) is 4.79 Å². The first-order valence-electron chi connectivity index (χ1n) is 6.09. The third kappa shape index (κ3) is 4.20. The van der Waals surface area contributed by atoms with E-state index in [1.165, 1.54) is 11.8 Å². The standard InChI is InChI=1S/C15H16N2O2S/c1-19-13-4-2-3-12(9-13)17-15(18)10-20-14-7-5-11(16)6-8-14/h2-9H,10,16H2,1H3,(H,17,18). The Morgan fingerprint density at radius 2 is 2.00 bits per heavy atom. The number of carbonyl (C=O) groups excluding carboxylic acids is 1. The van der Waals surface area contributed by atoms with Crippen molar-refractivity contribution in [2.45, 2.75) is 4.90 Å². The molecule has 20 heavy (non-hydrogen) atoms. The Bertz CT molecular complexity index is 585. The molecule has 104 valence electrons. The second-order valence-corrected chi connectivity index (χ2v) is 5.19. The zero-order valence-corrected chi connectivity index (χ0v) is 11.9. The lowest BCUT2D eigenvalue weighted by atomic mass is 10.3. The van der Waals surface area contributed by atoms with Crippen LogP contribution in [0.25, 0.3) is 0 Å². The van der Waals surface area contributed by atoms with Crippen molar-refractivity contribution in [2.75, 3.05) is 23.9 Å². The first kappa shape index (κ1) is 14.3. The van der Waals surface area contributed by atoms with Gasteiger partial charge in [0.2, 0.25) is 5.91 Å². The molecule has 2 aromatic carbocycles. The first-order valence-corrected chi connectivity index (χ1v) is 7.08. The Kier molecular flexibility index (Phi) is 4.90. The second-order valence-electron chi connectivity index (χ2n) is 4.14. The Hall–Kier alpha value is -2.14. The molecule has 4 nitrogen and oxygen atoms in total. The summed E-state index contributed by atoms with van der Waals surface area (Å²) < 4.78 is 5.11. The van der Waals surface area contributed by atoms with E-state index in [1.807, 2.05) is 42.5 Å². The van der Waals surface area contributed by atoms with Crippen LogP contribution in [-0.4, -0.2) is 18.8 Å². The van der Waals surface area contributed by atoms with Crippen LogP contribution in [-0.2, 0) is 4.79 Å². The van der Waals surface area contributed by atoms with Gasteiger partial charge in [-0.15, -0.1) is 11.8 Å². The molecule has 0 atom stereocenters. The van der Waals surface area contributed by atoms with Crippen LogP contribution in [0.15, 0.2) is 53.4 Å². The fourth-order valence-corrected chi connectivity index (χ4v) is 2.31. The van der Waals surface area contributed by atoms with Crippen LogP contribution >= 0.6 is 11.8 Å². The molecule has 0 aliphatic rings. The maximum Gasteiger partial charge on any atom is 0.234 e. The fourth-order valence-electron chi connectivity index (χ4n) is 1.61. The SMILES string of the molecule is COc1cccc(NC(=O)CSc2ccc(N)cc2)c1. The minimum absolute atomic E-state index is 0.0555. The molecule has 0 saturated heterocycles. The lowest BCUT2D eigenvalue weighted by molar-refractivity contribution is -0.113. The molecule has 0 aliphatic heterocycles. The smallest absolute Gasteiger partial charge is 0.234 e. The van der Waals surface area contributed by atoms with Gasteiger partial charge in [-0.05, 0) is 36.4 Å². The maximum absolute atomic E-state index is 11.9. The predicted molar refractivity (Wildman–Crippen MR) is 83.2 cm³/mol. The molecule has 0 aliphatic carbocycles. The number of thioether (sulfide) groups is 1. The fraction of sp³-hybridized carbons (Fsp3) is 0.133. The molecule has 0 unspecified atom stereocenters. The van der Waals surface area contributed by atoms with Gasteiger partial charge in [-0.2, -0.15) is 0 Å². The van der Waals surface area contributed by atoms with Crippen LogP contribution in [0.3, 0.4) is 0 Å². The van der Waals surface area contributed by atoms with Crippen LogP contribution in [0.4, 0.5) is 11.4 Å². The number of amides is 1. The number of hydrogen-bond donors (Lipinski definition) is 2. The Balaban J connectivity index is 1.87. The van der Waals surface area contributed by atoms with Crippen molar-refractivity contribution in [2.24, 2.45) is 0 Å². The topological polar surface area (TPSA) is 64.3 Å². The number of carbonyl (C=O) groups is 1. The summed E-state index contributed by atoms with van der Waals surface area (Å²) >= 11 is 1.47. The van der Waals surface area contributed by atoms with Crippen LogP contribution in [0.5, 0.6) is 5.75 Å². The molecule has 0 bridgehead atoms. The number of benzene rings is 2. The Morgan fingerprint density at radius 3 is 2.70 bits per heavy atom. The summed E-state index contributed by atoms with van der Waals surface area (Å²) in [6.45, 7) is 0. The molecule has 0 radical (unpaired) electrons. The highest BCUT2D eigenvalue weighted by molar-refractivity contribution is 8.00. The van der Waals surface area contributed by atoms with Gasteiger partial charge in [0.15, 0.2) is 0 Å². The van der Waals surface area contributed by atoms with E-state index < -0.39 is 0 Å². The van der Waals surface area contributed by atoms with Gasteiger partial charge >= 0.3 is 0 Å². The minimum atomic E-state index is -0.0555. The molecule has 3 N–H and O–H groups in total. The van der Waals surface area contributed by atoms with E-state index >= 15 is 0 Å². The van der Waals surface area contributed by atoms with E-state index in [-0.39, 0.29) is 5.91 Å². The highest BCUT2D eigenvalue weighted by Crippen LogP contribution is 2.20. The molecule has 0 spiro atoms. The second kappa shape index (κ2) is 6.86. The lowest BCUT2D eigenvalue weighted by Crippen LogP contribution is -2.13. The van der Waals surface area contributed by atoms with E-state index in [0.29, 0.717) is 11.5 Å². The molecule has 2 aromatic rings. The Morgan fingerprint density at radius 1 is 1.25 bits per heavy atom. The number of methoxy groups -OCH3 is 1. The molecule has 0 fully saturated rings. The number of ether oxygens (including phenoxy) is 1. The highest BCUT2D eigenvalue weighted by atomic mass is 32.2. The average Bonchev–Trinajstić information content (AvgIpc) is 2.47. The molecule has 2 rings (SSSR count). The quantitative estimate of drug-likeness (QED) is 0.655. The third-order valence-corrected chi connectivity index (χ3v) is 3.62. The summed E-state index contributed by atoms with van der Waals surface area (Å²) in [6, 6.07) is 14.7. The van der Waals surface area contributed by atoms with E-state index in [1.54, 1.807) is 13.2 Å². The molecule has 1 amide bonds. The summed E-state index contributed by atoms with van der Waals surface area (Å²) in [5, 5.41) is 2.83. The van der Waals surface area contributed by atoms with Gasteiger partial charge in [0.25, 0.3) is 0 Å². The number of rotatable bonds is 5. The lowest BCUT2D eigenvalue weighted by Gasteiger charge is -2.07. The van der Waals surface area contributed by atoms with Crippen molar-refractivity contribution in [3.05, 3.63) is 48.5 Å². The molecular weight excluding hydrogens is 272 g/mol. The number of anilines is 2. The zero-order chi connectivity index (χ0) is 14.4. The molecule has 5 heteroatoms. The minimum Gasteiger partial charge on any atom is -0.497 e. The van der Waals surface area contributed by atoms with Gasteiger partial charge in [-0.25, -0.2) is 0 Å². The van der Waals surface area contributed by atoms with Gasteiger partial charge < -0.3 is 15.8 Å². The van der Waals surface area contributed by atoms with Gasteiger partial charge in [-0.3, -0.25) is 4.79 Å². The third-order valence-electron chi connectivity index (χ3n) is 2.60. The summed E-state index contributed by atoms with van der Waals surface area (Å²) in [6.07, 6.45) is 0. The monoisotopic (exact) mass is 288 g/mol. The summed E-state index contributed by atoms with van der Waals surface area (Å²) in [4.78, 5) is 12.9. The zero-order valence-electron chi connectivity index (χ0n) is 11.1. The normalized spacial score (nSPS) is 10.1. The molecule has 0 saturated carbocycles. The largest absolute Gasteiger partial charge is 0.497 e. The van der Waals surface area contributed by atoms with Crippen molar-refractivity contribution in [3.8, 4) is 5.75 Å². The van der Waals surface area contributed by atoms with Crippen LogP contribution in [0.1, 0.15) is 0 Å². The van der Waals surface area contributed by atoms with Crippen LogP contribution < -0.4 is 15.8 Å². The summed E-state index contributed by atoms with van der Waals surface area (Å²) in [5.74, 6) is 1.01. The predicted octanol–water partition coefficient (Wildman–Crippen LogP) is 3.01. The van der Waals surface area contributed by atoms with Crippen molar-refractivity contribution >= 4 is 29.0 Å². The summed E-state index contributed by atoms with van der Waals surface area (Å²) in [7, 11) is 1.60. The number of hydrogen-bond acceptors (Lipinski definition) is 4. The van der Waals surface area contributed by atoms with Crippen molar-refractivity contribution in [3.63, 3.8) is 0 Å². The molecular formula is C15H16N2O2S. The maximum atomic E-state index is 11.9. The van der Waals surface area contributed by atoms with Crippen molar-refractivity contribution in [1.29, 1.82) is 0 Å². The van der Waals surface area contributed by atoms with Crippen molar-refractivity contribution in [1.82, 2.24) is 0 Å². The van der Waals surface area contributed by atoms with E-state index in [0.717, 1.165) is 16.3 Å². The van der Waals surface area contributed by atoms with Crippen LogP contribution in [0.2, 0.25) is 0 Å². The molecule has 0 heterocycles. The number of nitrogens with one attached hydrogen (secondary N) is 1. The first-order chi connectivity index (χ1) is 9.67. The molecule has 0 aromatic heterocycles. The Labute approximate surface area is 122 Å². The highest BCUT2D eigenvalue weighted by Gasteiger charge is 2.04. The summed E-state index contributed by atoms with van der Waals surface area (Å²) in [5.41, 5.74) is 7.06.